The van der Waals surface area contributed by atoms with Gasteiger partial charge in [-0.05, 0) is 25.7 Å². The predicted octanol–water partition coefficient (Wildman–Crippen LogP) is 0.631. The molecule has 2 atom stereocenters. The van der Waals surface area contributed by atoms with Crippen molar-refractivity contribution in [1.82, 2.24) is 4.90 Å². The molecule has 2 fully saturated rings. The molecule has 1 amide bonds. The van der Waals surface area contributed by atoms with Crippen LogP contribution < -0.4 is 0 Å². The Morgan fingerprint density at radius 2 is 2.25 bits per heavy atom. The fraction of sp³-hybridized carbons (Fsp3) is 0.818. The number of aliphatic carboxylic acids is 1. The molecule has 2 heterocycles. The van der Waals surface area contributed by atoms with Gasteiger partial charge in [-0.2, -0.15) is 0 Å². The molecular weight excluding hydrogens is 210 g/mol. The van der Waals surface area contributed by atoms with Gasteiger partial charge in [-0.3, -0.25) is 4.79 Å². The Morgan fingerprint density at radius 3 is 2.88 bits per heavy atom. The molecular formula is C11H17NO4. The normalized spacial score (nSPS) is 30.8. The molecule has 0 spiro atoms. The molecule has 0 aromatic heterocycles. The minimum Gasteiger partial charge on any atom is -0.479 e. The number of likely N-dealkylation sites (tertiary alicyclic amines) is 1. The number of ether oxygens (including phenoxy) is 1. The van der Waals surface area contributed by atoms with Crippen LogP contribution in [0.25, 0.3) is 0 Å². The van der Waals surface area contributed by atoms with Crippen LogP contribution in [0.4, 0.5) is 0 Å². The first-order chi connectivity index (χ1) is 7.66. The first-order valence-corrected chi connectivity index (χ1v) is 5.83. The summed E-state index contributed by atoms with van der Waals surface area (Å²) in [5, 5.41) is 8.78. The van der Waals surface area contributed by atoms with Crippen molar-refractivity contribution in [3.8, 4) is 0 Å². The number of carboxylic acid groups (broad SMARTS) is 1. The third-order valence-corrected chi connectivity index (χ3v) is 3.23. The van der Waals surface area contributed by atoms with E-state index in [-0.39, 0.29) is 12.0 Å². The van der Waals surface area contributed by atoms with Crippen LogP contribution in [0.1, 0.15) is 32.1 Å². The van der Waals surface area contributed by atoms with Crippen LogP contribution in [-0.2, 0) is 14.3 Å². The molecule has 1 N–H and O–H groups in total. The fourth-order valence-corrected chi connectivity index (χ4v) is 2.32. The molecule has 2 saturated heterocycles. The summed E-state index contributed by atoms with van der Waals surface area (Å²) in [4.78, 5) is 24.1. The Balaban J connectivity index is 1.82. The lowest BCUT2D eigenvalue weighted by molar-refractivity contribution is -0.150. The van der Waals surface area contributed by atoms with Crippen LogP contribution in [0.3, 0.4) is 0 Å². The van der Waals surface area contributed by atoms with Gasteiger partial charge in [0.05, 0.1) is 6.10 Å². The molecule has 2 aliphatic heterocycles. The van der Waals surface area contributed by atoms with Crippen molar-refractivity contribution < 1.29 is 19.4 Å². The number of carbonyl (C=O) groups excluding carboxylic acids is 1. The van der Waals surface area contributed by atoms with Crippen LogP contribution >= 0.6 is 0 Å². The van der Waals surface area contributed by atoms with Gasteiger partial charge in [0, 0.05) is 19.5 Å². The van der Waals surface area contributed by atoms with Gasteiger partial charge in [0.2, 0.25) is 5.91 Å². The third kappa shape index (κ3) is 2.52. The molecule has 0 aliphatic carbocycles. The minimum atomic E-state index is -0.896. The molecule has 0 bridgehead atoms. The highest BCUT2D eigenvalue weighted by atomic mass is 16.5. The van der Waals surface area contributed by atoms with Gasteiger partial charge in [-0.1, -0.05) is 0 Å². The second-order valence-corrected chi connectivity index (χ2v) is 4.46. The number of piperidine rings is 1. The Morgan fingerprint density at radius 1 is 1.44 bits per heavy atom. The summed E-state index contributed by atoms with van der Waals surface area (Å²) in [6.45, 7) is 1.35. The lowest BCUT2D eigenvalue weighted by Gasteiger charge is -2.28. The van der Waals surface area contributed by atoms with E-state index in [1.165, 1.54) is 0 Å². The maximum absolute atomic E-state index is 11.6. The first-order valence-electron chi connectivity index (χ1n) is 5.83. The lowest BCUT2D eigenvalue weighted by Crippen LogP contribution is -2.40. The summed E-state index contributed by atoms with van der Waals surface area (Å²) in [5.74, 6) is -0.721. The van der Waals surface area contributed by atoms with E-state index in [0.29, 0.717) is 19.4 Å². The molecule has 2 rings (SSSR count). The second kappa shape index (κ2) is 4.82. The van der Waals surface area contributed by atoms with E-state index in [2.05, 4.69) is 0 Å². The average Bonchev–Trinajstić information content (AvgIpc) is 2.70. The lowest BCUT2D eigenvalue weighted by atomic mass is 10.1. The zero-order valence-electron chi connectivity index (χ0n) is 9.22. The Labute approximate surface area is 94.4 Å². The van der Waals surface area contributed by atoms with Gasteiger partial charge < -0.3 is 14.7 Å². The molecule has 0 aromatic rings. The van der Waals surface area contributed by atoms with Crippen LogP contribution in [0, 0.1) is 0 Å². The van der Waals surface area contributed by atoms with Crippen LogP contribution in [-0.4, -0.2) is 47.2 Å². The van der Waals surface area contributed by atoms with Gasteiger partial charge in [-0.25, -0.2) is 4.79 Å². The van der Waals surface area contributed by atoms with Crippen molar-refractivity contribution in [3.63, 3.8) is 0 Å². The maximum atomic E-state index is 11.6. The zero-order chi connectivity index (χ0) is 11.5. The Bertz CT molecular complexity index is 292. The molecule has 0 aromatic carbocycles. The number of nitrogens with zero attached hydrogens (tertiary/aromatic N) is 1. The summed E-state index contributed by atoms with van der Waals surface area (Å²) in [5.41, 5.74) is 0. The molecule has 16 heavy (non-hydrogen) atoms. The van der Waals surface area contributed by atoms with Gasteiger partial charge in [0.1, 0.15) is 0 Å². The largest absolute Gasteiger partial charge is 0.479 e. The van der Waals surface area contributed by atoms with E-state index in [0.717, 1.165) is 25.8 Å². The van der Waals surface area contributed by atoms with Crippen LogP contribution in [0.15, 0.2) is 0 Å². The summed E-state index contributed by atoms with van der Waals surface area (Å²) in [6.07, 6.45) is 3.16. The van der Waals surface area contributed by atoms with Gasteiger partial charge in [0.25, 0.3) is 0 Å². The quantitative estimate of drug-likeness (QED) is 0.768. The highest BCUT2D eigenvalue weighted by Gasteiger charge is 2.32. The third-order valence-electron chi connectivity index (χ3n) is 3.23. The zero-order valence-corrected chi connectivity index (χ0v) is 9.22. The SMILES string of the molecule is O=C(O)C1CCC(CN2CCCCC2=O)O1. The van der Waals surface area contributed by atoms with E-state index in [1.54, 1.807) is 4.90 Å². The fourth-order valence-electron chi connectivity index (χ4n) is 2.32. The van der Waals surface area contributed by atoms with Crippen LogP contribution in [0.2, 0.25) is 0 Å². The Hall–Kier alpha value is -1.10. The summed E-state index contributed by atoms with van der Waals surface area (Å²) in [6, 6.07) is 0. The van der Waals surface area contributed by atoms with Crippen molar-refractivity contribution in [2.24, 2.45) is 0 Å². The van der Waals surface area contributed by atoms with Gasteiger partial charge >= 0.3 is 5.97 Å². The van der Waals surface area contributed by atoms with E-state index in [1.807, 2.05) is 0 Å². The molecule has 90 valence electrons. The number of amides is 1. The molecule has 2 unspecified atom stereocenters. The second-order valence-electron chi connectivity index (χ2n) is 4.46. The molecule has 5 heteroatoms. The summed E-state index contributed by atoms with van der Waals surface area (Å²) >= 11 is 0. The minimum absolute atomic E-state index is 0.0943. The van der Waals surface area contributed by atoms with Gasteiger partial charge in [0.15, 0.2) is 6.10 Å². The summed E-state index contributed by atoms with van der Waals surface area (Å²) in [7, 11) is 0. The van der Waals surface area contributed by atoms with E-state index in [4.69, 9.17) is 9.84 Å². The van der Waals surface area contributed by atoms with Crippen LogP contribution in [0.5, 0.6) is 0 Å². The van der Waals surface area contributed by atoms with Crippen molar-refractivity contribution in [3.05, 3.63) is 0 Å². The van der Waals surface area contributed by atoms with Crippen molar-refractivity contribution >= 4 is 11.9 Å². The monoisotopic (exact) mass is 227 g/mol. The number of hydrogen-bond acceptors (Lipinski definition) is 3. The van der Waals surface area contributed by atoms with E-state index < -0.39 is 12.1 Å². The smallest absolute Gasteiger partial charge is 0.332 e. The molecule has 0 saturated carbocycles. The molecule has 2 aliphatic rings. The average molecular weight is 227 g/mol. The van der Waals surface area contributed by atoms with E-state index in [9.17, 15) is 9.59 Å². The van der Waals surface area contributed by atoms with E-state index >= 15 is 0 Å². The highest BCUT2D eigenvalue weighted by Crippen LogP contribution is 2.22. The van der Waals surface area contributed by atoms with Crippen molar-refractivity contribution in [1.29, 1.82) is 0 Å². The number of hydrogen-bond donors (Lipinski definition) is 1. The van der Waals surface area contributed by atoms with Crippen molar-refractivity contribution in [2.45, 2.75) is 44.3 Å². The Kier molecular flexibility index (Phi) is 3.43. The number of carbonyl (C=O) groups is 2. The number of carboxylic acids is 1. The predicted molar refractivity (Wildman–Crippen MR) is 56.0 cm³/mol. The molecule has 5 nitrogen and oxygen atoms in total. The standard InChI is InChI=1S/C11H17NO4/c13-10-3-1-2-6-12(10)7-8-4-5-9(16-8)11(14)15/h8-9H,1-7H2,(H,14,15). The topological polar surface area (TPSA) is 66.8 Å². The maximum Gasteiger partial charge on any atom is 0.332 e. The first kappa shape index (κ1) is 11.4. The highest BCUT2D eigenvalue weighted by molar-refractivity contribution is 5.77. The van der Waals surface area contributed by atoms with Crippen molar-refractivity contribution in [2.75, 3.05) is 13.1 Å². The molecule has 0 radical (unpaired) electrons. The van der Waals surface area contributed by atoms with Gasteiger partial charge in [-0.15, -0.1) is 0 Å². The summed E-state index contributed by atoms with van der Waals surface area (Å²) < 4.78 is 5.38. The number of rotatable bonds is 3.